The van der Waals surface area contributed by atoms with Crippen LogP contribution in [0.25, 0.3) is 22.2 Å². The van der Waals surface area contributed by atoms with Crippen molar-refractivity contribution in [2.24, 2.45) is 11.7 Å². The summed E-state index contributed by atoms with van der Waals surface area (Å²) in [6, 6.07) is 24.4. The summed E-state index contributed by atoms with van der Waals surface area (Å²) in [6.45, 7) is 27.9. The molecule has 632 valence electrons. The summed E-state index contributed by atoms with van der Waals surface area (Å²) >= 11 is 9.36. The fourth-order valence-corrected chi connectivity index (χ4v) is 14.8. The van der Waals surface area contributed by atoms with Gasteiger partial charge in [0.25, 0.3) is 0 Å². The van der Waals surface area contributed by atoms with E-state index < -0.39 is 79.3 Å². The molecule has 113 heavy (non-hydrogen) atoms. The maximum Gasteiger partial charge on any atom is 0.494 e. The van der Waals surface area contributed by atoms with Crippen LogP contribution in [0.2, 0.25) is 0 Å². The number of hydrogen-bond donors (Lipinski definition) is 2. The second-order valence-electron chi connectivity index (χ2n) is 30.3. The number of halogens is 8. The molecule has 7 aromatic rings. The third kappa shape index (κ3) is 31.2. The normalized spacial score (nSPS) is 18.2. The van der Waals surface area contributed by atoms with Crippen molar-refractivity contribution in [1.29, 1.82) is 5.26 Å². The van der Waals surface area contributed by atoms with Gasteiger partial charge in [0.1, 0.15) is 76.4 Å². The Bertz CT molecular complexity index is 4530. The van der Waals surface area contributed by atoms with Crippen LogP contribution < -0.4 is 16.9 Å². The first-order valence-electron chi connectivity index (χ1n) is 34.3. The smallest absolute Gasteiger partial charge is 0.405 e. The summed E-state index contributed by atoms with van der Waals surface area (Å²) in [4.78, 5) is 11.2. The van der Waals surface area contributed by atoms with Gasteiger partial charge in [0, 0.05) is 63.1 Å². The predicted octanol–water partition coefficient (Wildman–Crippen LogP) is 18.0. The maximum absolute atomic E-state index is 14.5. The number of nitrogens with two attached hydrogens (primary N) is 2. The minimum Gasteiger partial charge on any atom is -0.405 e. The first-order valence-corrected chi connectivity index (χ1v) is 42.9. The molecular weight excluding hydrogens is 1710 g/mol. The molecule has 0 bridgehead atoms. The molecule has 0 atom stereocenters. The minimum absolute atomic E-state index is 0. The van der Waals surface area contributed by atoms with Gasteiger partial charge in [-0.1, -0.05) is 104 Å². The topological polar surface area (TPSA) is 268 Å². The van der Waals surface area contributed by atoms with Crippen molar-refractivity contribution in [2.75, 3.05) is 61.4 Å². The lowest BCUT2D eigenvalue weighted by Gasteiger charge is -2.42. The van der Waals surface area contributed by atoms with Crippen molar-refractivity contribution in [3.63, 3.8) is 0 Å². The molecule has 0 unspecified atom stereocenters. The van der Waals surface area contributed by atoms with Gasteiger partial charge >= 0.3 is 21.1 Å². The number of benzene rings is 5. The number of nitrogens with zero attached hydrogens (tertiary/aromatic N) is 5. The van der Waals surface area contributed by atoms with Crippen LogP contribution in [0.5, 0.6) is 0 Å². The van der Waals surface area contributed by atoms with E-state index in [0.717, 1.165) is 46.0 Å². The van der Waals surface area contributed by atoms with Gasteiger partial charge in [-0.05, 0) is 253 Å². The average Bonchev–Trinajstić information content (AvgIpc) is 1.62. The summed E-state index contributed by atoms with van der Waals surface area (Å²) in [7, 11) is -10.8. The zero-order valence-corrected chi connectivity index (χ0v) is 70.6. The number of fused-ring (bicyclic) bond motifs is 1. The molecule has 0 radical (unpaired) electrons. The molecule has 2 aromatic heterocycles. The van der Waals surface area contributed by atoms with Crippen LogP contribution in [0.3, 0.4) is 0 Å². The summed E-state index contributed by atoms with van der Waals surface area (Å²) in [5.74, 6) is -0.773. The summed E-state index contributed by atoms with van der Waals surface area (Å²) < 4.78 is 173. The number of sulfone groups is 3. The highest BCUT2D eigenvalue weighted by molar-refractivity contribution is 9.11. The van der Waals surface area contributed by atoms with Crippen LogP contribution in [0, 0.1) is 53.8 Å². The number of anilines is 1. The molecule has 0 amide bonds. The maximum atomic E-state index is 14.5. The van der Waals surface area contributed by atoms with Gasteiger partial charge in [0.2, 0.25) is 0 Å². The fourth-order valence-electron chi connectivity index (χ4n) is 11.5. The fraction of sp³-hybridized carbons (Fsp3) is 0.525. The van der Waals surface area contributed by atoms with Crippen LogP contribution >= 0.6 is 47.8 Å². The Labute approximate surface area is 699 Å². The van der Waals surface area contributed by atoms with E-state index in [-0.39, 0.29) is 116 Å². The lowest BCUT2D eigenvalue weighted by atomic mass is 9.49. The molecule has 33 heteroatoms. The van der Waals surface area contributed by atoms with Crippen LogP contribution in [-0.2, 0) is 83.2 Å². The van der Waals surface area contributed by atoms with Crippen molar-refractivity contribution in [3.05, 3.63) is 181 Å². The van der Waals surface area contributed by atoms with E-state index in [4.69, 9.17) is 44.7 Å². The SMILES string of the molecule is C.C.C.C.C.C.CC1(C)OB(B2OC(C)(C)C(C)(C)O2)OC1(C)C.CC1(C)OB(c2cc(F)cc(CCS(C)(=O)=O)c2)OC1(C)C.CS(=O)(=O)CCc1cc(F)cc(-c2cn(C3CC(CN4CCC4)C3)c3ncnc(N)c23)c1.CS(=O)(=O)CCc1cc(F)cc(Br)c1.N#Cc1cc(F)cc(Br)c1.NCc1cc(F)cc(Br)c1.[CH3-]. The number of nitrogen functional groups attached to an aromatic ring is 1. The molecule has 4 saturated heterocycles. The summed E-state index contributed by atoms with van der Waals surface area (Å²) in [5.41, 5.74) is 14.9. The van der Waals surface area contributed by atoms with Crippen molar-refractivity contribution in [2.45, 2.75) is 212 Å². The molecule has 5 aliphatic rings. The van der Waals surface area contributed by atoms with Crippen molar-refractivity contribution in [3.8, 4) is 17.2 Å². The predicted molar refractivity (Wildman–Crippen MR) is 466 cm³/mol. The summed E-state index contributed by atoms with van der Waals surface area (Å²) in [5, 5.41) is 9.07. The van der Waals surface area contributed by atoms with E-state index in [0.29, 0.717) is 73.0 Å². The Morgan fingerprint density at radius 3 is 1.28 bits per heavy atom. The average molecular weight is 1840 g/mol. The van der Waals surface area contributed by atoms with Crippen molar-refractivity contribution < 1.29 is 75.1 Å². The molecule has 4 N–H and O–H groups in total. The molecule has 1 aliphatic carbocycles. The van der Waals surface area contributed by atoms with Gasteiger partial charge in [0.05, 0.1) is 67.9 Å². The molecule has 5 fully saturated rings. The Morgan fingerprint density at radius 1 is 0.522 bits per heavy atom. The zero-order valence-electron chi connectivity index (χ0n) is 63.4. The number of likely N-dealkylation sites (tertiary alicyclic amines) is 1. The number of hydrogen-bond acceptors (Lipinski definition) is 18. The van der Waals surface area contributed by atoms with E-state index >= 15 is 0 Å². The quantitative estimate of drug-likeness (QED) is 0.0517. The minimum atomic E-state index is -3.14. The second kappa shape index (κ2) is 43.5. The largest absolute Gasteiger partial charge is 0.494 e. The Kier molecular flexibility index (Phi) is 41.5. The first-order chi connectivity index (χ1) is 48.8. The Hall–Kier alpha value is -5.18. The number of aromatic nitrogens is 3. The monoisotopic (exact) mass is 1830 g/mol. The van der Waals surface area contributed by atoms with Gasteiger partial charge in [-0.3, -0.25) is 0 Å². The van der Waals surface area contributed by atoms with E-state index in [1.165, 1.54) is 105 Å². The highest BCUT2D eigenvalue weighted by Crippen LogP contribution is 2.46. The lowest BCUT2D eigenvalue weighted by molar-refractivity contribution is 0.00578. The molecule has 1 saturated carbocycles. The molecule has 5 aromatic carbocycles. The molecule has 4 aliphatic heterocycles. The highest BCUT2D eigenvalue weighted by Gasteiger charge is 2.64. The zero-order chi connectivity index (χ0) is 79.1. The van der Waals surface area contributed by atoms with E-state index in [2.05, 4.69) is 67.2 Å². The molecule has 12 rings (SSSR count). The van der Waals surface area contributed by atoms with E-state index in [1.807, 2.05) is 101 Å². The summed E-state index contributed by atoms with van der Waals surface area (Å²) in [6.07, 6.45) is 11.4. The van der Waals surface area contributed by atoms with Gasteiger partial charge in [0.15, 0.2) is 0 Å². The second-order valence-corrected chi connectivity index (χ2v) is 39.8. The molecular formula is C80H121B3Br3F5N7O12S3-. The van der Waals surface area contributed by atoms with Crippen LogP contribution in [0.15, 0.2) is 117 Å². The van der Waals surface area contributed by atoms with E-state index in [1.54, 1.807) is 24.3 Å². The van der Waals surface area contributed by atoms with Gasteiger partial charge < -0.3 is 56.3 Å². The third-order valence-electron chi connectivity index (χ3n) is 19.6. The highest BCUT2D eigenvalue weighted by atomic mass is 79.9. The third-order valence-corrected chi connectivity index (χ3v) is 23.8. The van der Waals surface area contributed by atoms with Crippen LogP contribution in [0.4, 0.5) is 27.8 Å². The number of rotatable bonds is 16. The standard InChI is InChI=1S/C23H28FN5O2S.C15H22BFO4S.C12H24B2O4.C9H10BrFO2S.C7H7BrFN.C7H3BrFN.6CH4.CH3/c1-32(30,31)6-3-15-7-17(11-18(24)8-15)20-13-29(23-21(20)22(25)26-14-27-23)19-9-16(10-19)12-28-4-2-5-28;1-14(2)15(3,4)21-16(20-14)12-8-11(9-13(17)10-12)6-7-22(5,18)19;1-9(2)10(3,4)16-13(15-9)14-17-11(5,6)12(7,8)18-14;1-14(12,13)3-2-7-4-8(10)6-9(11)5-7;2*8-6-1-5(4-10)2-7(9)3-6;;;;;;;/h7-8,11,13-14,16,19H,2-6,9-10,12H2,1H3,(H2,25,26,27);8-10H,6-7H2,1-5H3;1-8H3;4-6H,2-3H2,1H3;1-3H,4,10H2;1-3H;6*1H4;1H3/q;;;;;;;;;;;;-1. The van der Waals surface area contributed by atoms with Crippen LogP contribution in [0.1, 0.15) is 181 Å². The van der Waals surface area contributed by atoms with Crippen molar-refractivity contribution in [1.82, 2.24) is 19.4 Å². The van der Waals surface area contributed by atoms with Crippen molar-refractivity contribution >= 4 is 121 Å². The Balaban J connectivity index is 0.00000138. The molecule has 19 nitrogen and oxygen atoms in total. The van der Waals surface area contributed by atoms with Gasteiger partial charge in [-0.15, -0.1) is 0 Å². The van der Waals surface area contributed by atoms with E-state index in [9.17, 15) is 47.2 Å². The first kappa shape index (κ1) is 108. The lowest BCUT2D eigenvalue weighted by Crippen LogP contribution is -2.43. The molecule has 6 heterocycles. The van der Waals surface area contributed by atoms with Gasteiger partial charge in [-0.25, -0.2) is 57.2 Å². The van der Waals surface area contributed by atoms with Gasteiger partial charge in [-0.2, -0.15) is 5.26 Å². The molecule has 0 spiro atoms. The number of nitriles is 1. The number of aryl methyl sites for hydroxylation is 3. The van der Waals surface area contributed by atoms with Crippen LogP contribution in [-0.4, -0.2) is 155 Å². The Morgan fingerprint density at radius 2 is 0.894 bits per heavy atom.